The van der Waals surface area contributed by atoms with Crippen LogP contribution in [0.15, 0.2) is 60.8 Å². The van der Waals surface area contributed by atoms with Gasteiger partial charge in [-0.15, -0.1) is 0 Å². The minimum absolute atomic E-state index is 0.343. The highest BCUT2D eigenvalue weighted by Gasteiger charge is 2.13. The Labute approximate surface area is 132 Å². The molecule has 0 amide bonds. The van der Waals surface area contributed by atoms with E-state index < -0.39 is 0 Å². The highest BCUT2D eigenvalue weighted by Crippen LogP contribution is 2.27. The molecule has 1 aromatic heterocycles. The predicted octanol–water partition coefficient (Wildman–Crippen LogP) is 4.23. The third-order valence-corrected chi connectivity index (χ3v) is 3.99. The van der Waals surface area contributed by atoms with Gasteiger partial charge < -0.3 is 5.73 Å². The van der Waals surface area contributed by atoms with Crippen molar-refractivity contribution in [2.45, 2.75) is 6.04 Å². The van der Waals surface area contributed by atoms with E-state index in [9.17, 15) is 0 Å². The van der Waals surface area contributed by atoms with Crippen molar-refractivity contribution < 1.29 is 0 Å². The first-order chi connectivity index (χ1) is 10.1. The van der Waals surface area contributed by atoms with Crippen LogP contribution in [0.4, 0.5) is 0 Å². The molecule has 1 unspecified atom stereocenters. The molecular weight excluding hydrogens is 305 g/mol. The lowest BCUT2D eigenvalue weighted by Crippen LogP contribution is -2.13. The maximum Gasteiger partial charge on any atom is 0.0841 e. The van der Waals surface area contributed by atoms with Crippen molar-refractivity contribution in [1.29, 1.82) is 0 Å². The topological polar surface area (TPSA) is 43.8 Å². The summed E-state index contributed by atoms with van der Waals surface area (Å²) < 4.78 is 1.80. The monoisotopic (exact) mass is 317 g/mol. The Bertz CT molecular complexity index is 753. The second kappa shape index (κ2) is 5.90. The summed E-state index contributed by atoms with van der Waals surface area (Å²) in [6.07, 6.45) is 1.89. The van der Waals surface area contributed by atoms with Gasteiger partial charge in [-0.25, -0.2) is 4.68 Å². The molecule has 0 radical (unpaired) electrons. The average Bonchev–Trinajstić information content (AvgIpc) is 3.00. The number of nitrogens with zero attached hydrogens (tertiary/aromatic N) is 2. The first kappa shape index (κ1) is 14.1. The molecule has 106 valence electrons. The van der Waals surface area contributed by atoms with Gasteiger partial charge in [0.15, 0.2) is 0 Å². The SMILES string of the molecule is NC(c1ccc(Cl)c(Cl)c1)c1ccn(-c2ccccc2)n1. The van der Waals surface area contributed by atoms with E-state index in [1.54, 1.807) is 16.8 Å². The van der Waals surface area contributed by atoms with Gasteiger partial charge in [0.1, 0.15) is 0 Å². The first-order valence-electron chi connectivity index (χ1n) is 6.46. The number of nitrogens with two attached hydrogens (primary N) is 1. The third-order valence-electron chi connectivity index (χ3n) is 3.25. The molecule has 1 heterocycles. The molecule has 2 aromatic carbocycles. The zero-order valence-electron chi connectivity index (χ0n) is 11.1. The van der Waals surface area contributed by atoms with Crippen LogP contribution in [0, 0.1) is 0 Å². The molecule has 1 atom stereocenters. The van der Waals surface area contributed by atoms with Gasteiger partial charge in [0, 0.05) is 6.20 Å². The molecule has 0 spiro atoms. The van der Waals surface area contributed by atoms with Crippen LogP contribution in [0.25, 0.3) is 5.69 Å². The van der Waals surface area contributed by atoms with Gasteiger partial charge in [0.05, 0.1) is 27.5 Å². The molecule has 3 rings (SSSR count). The Morgan fingerprint density at radius 3 is 2.43 bits per heavy atom. The van der Waals surface area contributed by atoms with Crippen LogP contribution in [0.2, 0.25) is 10.0 Å². The van der Waals surface area contributed by atoms with E-state index in [1.165, 1.54) is 0 Å². The minimum atomic E-state index is -0.343. The maximum atomic E-state index is 6.25. The van der Waals surface area contributed by atoms with Crippen LogP contribution >= 0.6 is 23.2 Å². The zero-order chi connectivity index (χ0) is 14.8. The van der Waals surface area contributed by atoms with E-state index in [2.05, 4.69) is 5.10 Å². The Kier molecular flexibility index (Phi) is 3.97. The fraction of sp³-hybridized carbons (Fsp3) is 0.0625. The van der Waals surface area contributed by atoms with E-state index in [1.807, 2.05) is 48.7 Å². The van der Waals surface area contributed by atoms with Crippen molar-refractivity contribution in [1.82, 2.24) is 9.78 Å². The summed E-state index contributed by atoms with van der Waals surface area (Å²) in [4.78, 5) is 0. The highest BCUT2D eigenvalue weighted by molar-refractivity contribution is 6.42. The summed E-state index contributed by atoms with van der Waals surface area (Å²) in [5, 5.41) is 5.53. The molecule has 0 aliphatic rings. The molecule has 3 aromatic rings. The molecule has 2 N–H and O–H groups in total. The molecule has 0 aliphatic carbocycles. The lowest BCUT2D eigenvalue weighted by Gasteiger charge is -2.10. The minimum Gasteiger partial charge on any atom is -0.319 e. The van der Waals surface area contributed by atoms with Gasteiger partial charge >= 0.3 is 0 Å². The lowest BCUT2D eigenvalue weighted by molar-refractivity contribution is 0.773. The molecule has 21 heavy (non-hydrogen) atoms. The normalized spacial score (nSPS) is 12.3. The second-order valence-electron chi connectivity index (χ2n) is 4.67. The van der Waals surface area contributed by atoms with E-state index >= 15 is 0 Å². The van der Waals surface area contributed by atoms with Crippen LogP contribution in [-0.2, 0) is 0 Å². The Morgan fingerprint density at radius 1 is 0.952 bits per heavy atom. The summed E-state index contributed by atoms with van der Waals surface area (Å²) in [7, 11) is 0. The molecule has 5 heteroatoms. The van der Waals surface area contributed by atoms with Crippen molar-refractivity contribution in [2.75, 3.05) is 0 Å². The summed E-state index contributed by atoms with van der Waals surface area (Å²) in [5.74, 6) is 0. The van der Waals surface area contributed by atoms with Crippen LogP contribution in [-0.4, -0.2) is 9.78 Å². The van der Waals surface area contributed by atoms with E-state index in [4.69, 9.17) is 28.9 Å². The Balaban J connectivity index is 1.90. The van der Waals surface area contributed by atoms with E-state index in [-0.39, 0.29) is 6.04 Å². The van der Waals surface area contributed by atoms with Crippen LogP contribution in [0.1, 0.15) is 17.3 Å². The summed E-state index contributed by atoms with van der Waals surface area (Å²) >= 11 is 12.0. The first-order valence-corrected chi connectivity index (χ1v) is 7.22. The van der Waals surface area contributed by atoms with Gasteiger partial charge in [-0.05, 0) is 35.9 Å². The number of hydrogen-bond acceptors (Lipinski definition) is 2. The predicted molar refractivity (Wildman–Crippen MR) is 86.1 cm³/mol. The molecule has 3 nitrogen and oxygen atoms in total. The fourth-order valence-electron chi connectivity index (χ4n) is 2.11. The zero-order valence-corrected chi connectivity index (χ0v) is 12.6. The number of halogens is 2. The van der Waals surface area contributed by atoms with Crippen molar-refractivity contribution in [3.05, 3.63) is 82.1 Å². The van der Waals surface area contributed by atoms with Crippen molar-refractivity contribution in [2.24, 2.45) is 5.73 Å². The standard InChI is InChI=1S/C16H13Cl2N3/c17-13-7-6-11(10-14(13)18)16(19)15-8-9-21(20-15)12-4-2-1-3-5-12/h1-10,16H,19H2. The Hall–Kier alpha value is -1.81. The van der Waals surface area contributed by atoms with Gasteiger partial charge in [-0.2, -0.15) is 5.10 Å². The van der Waals surface area contributed by atoms with Crippen molar-refractivity contribution in [3.8, 4) is 5.69 Å². The lowest BCUT2D eigenvalue weighted by atomic mass is 10.1. The number of rotatable bonds is 3. The summed E-state index contributed by atoms with van der Waals surface area (Å²) in [6, 6.07) is 16.8. The smallest absolute Gasteiger partial charge is 0.0841 e. The molecule has 0 saturated heterocycles. The average molecular weight is 318 g/mol. The summed E-state index contributed by atoms with van der Waals surface area (Å²) in [5.41, 5.74) is 8.89. The van der Waals surface area contributed by atoms with Crippen molar-refractivity contribution >= 4 is 23.2 Å². The maximum absolute atomic E-state index is 6.25. The van der Waals surface area contributed by atoms with Crippen LogP contribution in [0.3, 0.4) is 0 Å². The Morgan fingerprint density at radius 2 is 1.71 bits per heavy atom. The number of benzene rings is 2. The molecule has 0 bridgehead atoms. The second-order valence-corrected chi connectivity index (χ2v) is 5.49. The van der Waals surface area contributed by atoms with Gasteiger partial charge in [0.25, 0.3) is 0 Å². The van der Waals surface area contributed by atoms with Gasteiger partial charge in [0.2, 0.25) is 0 Å². The molecular formula is C16H13Cl2N3. The highest BCUT2D eigenvalue weighted by atomic mass is 35.5. The summed E-state index contributed by atoms with van der Waals surface area (Å²) in [6.45, 7) is 0. The van der Waals surface area contributed by atoms with Crippen molar-refractivity contribution in [3.63, 3.8) is 0 Å². The van der Waals surface area contributed by atoms with Crippen LogP contribution < -0.4 is 5.73 Å². The largest absolute Gasteiger partial charge is 0.319 e. The van der Waals surface area contributed by atoms with Gasteiger partial charge in [-0.3, -0.25) is 0 Å². The molecule has 0 saturated carbocycles. The number of para-hydroxylation sites is 1. The van der Waals surface area contributed by atoms with E-state index in [0.717, 1.165) is 16.9 Å². The number of hydrogen-bond donors (Lipinski definition) is 1. The van der Waals surface area contributed by atoms with Crippen LogP contribution in [0.5, 0.6) is 0 Å². The third kappa shape index (κ3) is 2.95. The molecule has 0 fully saturated rings. The fourth-order valence-corrected chi connectivity index (χ4v) is 2.41. The molecule has 0 aliphatic heterocycles. The van der Waals surface area contributed by atoms with Gasteiger partial charge in [-0.1, -0.05) is 47.5 Å². The number of aromatic nitrogens is 2. The quantitative estimate of drug-likeness (QED) is 0.785. The van der Waals surface area contributed by atoms with E-state index in [0.29, 0.717) is 10.0 Å².